The number of likely N-dealkylation sites (N-methyl/N-ethyl adjacent to an activating group) is 1. The lowest BCUT2D eigenvalue weighted by atomic mass is 9.91. The third-order valence-electron chi connectivity index (χ3n) is 6.18. The van der Waals surface area contributed by atoms with E-state index < -0.39 is 0 Å². The fourth-order valence-corrected chi connectivity index (χ4v) is 4.68. The van der Waals surface area contributed by atoms with Crippen molar-refractivity contribution in [3.05, 3.63) is 77.7 Å². The van der Waals surface area contributed by atoms with Crippen LogP contribution >= 0.6 is 0 Å². The van der Waals surface area contributed by atoms with Crippen LogP contribution in [0.1, 0.15) is 31.7 Å². The van der Waals surface area contributed by atoms with Gasteiger partial charge in [-0.2, -0.15) is 0 Å². The van der Waals surface area contributed by atoms with Crippen molar-refractivity contribution in [2.45, 2.75) is 31.8 Å². The molecule has 1 N–H and O–H groups in total. The van der Waals surface area contributed by atoms with E-state index >= 15 is 0 Å². The van der Waals surface area contributed by atoms with Gasteiger partial charge in [-0.3, -0.25) is 9.80 Å². The molecule has 0 spiro atoms. The summed E-state index contributed by atoms with van der Waals surface area (Å²) >= 11 is 0. The zero-order chi connectivity index (χ0) is 19.6. The molecule has 146 valence electrons. The van der Waals surface area contributed by atoms with Crippen LogP contribution in [0.4, 0.5) is 0 Å². The summed E-state index contributed by atoms with van der Waals surface area (Å²) in [5.41, 5.74) is 3.60. The Bertz CT molecular complexity index is 926. The molecule has 1 saturated heterocycles. The smallest absolute Gasteiger partial charge is 0.118 e. The molecule has 0 bridgehead atoms. The number of nitrogens with one attached hydrogen (secondary N) is 1. The minimum Gasteiger partial charge on any atom is -0.362 e. The van der Waals surface area contributed by atoms with Gasteiger partial charge in [0.25, 0.3) is 0 Å². The topological polar surface area (TPSA) is 18.5 Å². The van der Waals surface area contributed by atoms with E-state index in [1.165, 1.54) is 41.2 Å². The molecule has 2 heterocycles. The lowest BCUT2D eigenvalue weighted by molar-refractivity contribution is 0.0231. The van der Waals surface area contributed by atoms with E-state index in [1.54, 1.807) is 0 Å². The maximum Gasteiger partial charge on any atom is 0.118 e. The third-order valence-corrected chi connectivity index (χ3v) is 6.18. The van der Waals surface area contributed by atoms with E-state index in [0.717, 1.165) is 18.8 Å². The highest BCUT2D eigenvalue weighted by Gasteiger charge is 2.40. The third kappa shape index (κ3) is 3.41. The molecule has 0 saturated carbocycles. The summed E-state index contributed by atoms with van der Waals surface area (Å²) < 4.78 is 0. The highest BCUT2D eigenvalue weighted by molar-refractivity contribution is 5.90. The first-order valence-corrected chi connectivity index (χ1v) is 10.4. The van der Waals surface area contributed by atoms with E-state index in [9.17, 15) is 0 Å². The predicted octanol–water partition coefficient (Wildman–Crippen LogP) is 4.99. The van der Waals surface area contributed by atoms with Crippen LogP contribution in [0, 0.1) is 0 Å². The van der Waals surface area contributed by atoms with Crippen LogP contribution in [-0.2, 0) is 0 Å². The van der Waals surface area contributed by atoms with Gasteiger partial charge in [0.1, 0.15) is 5.66 Å². The van der Waals surface area contributed by atoms with Crippen molar-refractivity contribution in [1.29, 1.82) is 0 Å². The fraction of sp³-hybridized carbons (Fsp3) is 0.360. The largest absolute Gasteiger partial charge is 0.362 e. The van der Waals surface area contributed by atoms with Crippen LogP contribution in [-0.4, -0.2) is 42.6 Å². The first kappa shape index (κ1) is 19.0. The maximum atomic E-state index is 3.49. The molecular weight excluding hydrogens is 342 g/mol. The second-order valence-corrected chi connectivity index (χ2v) is 8.14. The Morgan fingerprint density at radius 2 is 1.71 bits per heavy atom. The fourth-order valence-electron chi connectivity index (χ4n) is 4.68. The Morgan fingerprint density at radius 3 is 2.50 bits per heavy atom. The second kappa shape index (κ2) is 7.94. The molecule has 28 heavy (non-hydrogen) atoms. The van der Waals surface area contributed by atoms with Gasteiger partial charge in [-0.05, 0) is 67.9 Å². The van der Waals surface area contributed by atoms with Crippen LogP contribution in [0.25, 0.3) is 16.8 Å². The van der Waals surface area contributed by atoms with Crippen LogP contribution in [0.3, 0.4) is 0 Å². The molecule has 2 aromatic carbocycles. The molecule has 3 heteroatoms. The number of hydrogen-bond donors (Lipinski definition) is 1. The molecule has 2 aromatic rings. The number of rotatable bonds is 4. The number of allylic oxidation sites excluding steroid dienone is 1. The molecule has 0 aliphatic carbocycles. The van der Waals surface area contributed by atoms with Crippen molar-refractivity contribution in [3.8, 4) is 0 Å². The summed E-state index contributed by atoms with van der Waals surface area (Å²) in [7, 11) is 4.39. The molecule has 1 unspecified atom stereocenters. The average Bonchev–Trinajstić information content (AvgIpc) is 2.73. The molecule has 1 fully saturated rings. The summed E-state index contributed by atoms with van der Waals surface area (Å²) in [5.74, 6) is 0. The van der Waals surface area contributed by atoms with Crippen molar-refractivity contribution < 1.29 is 0 Å². The van der Waals surface area contributed by atoms with Gasteiger partial charge in [-0.15, -0.1) is 0 Å². The molecule has 0 radical (unpaired) electrons. The van der Waals surface area contributed by atoms with Gasteiger partial charge in [0.15, 0.2) is 0 Å². The quantitative estimate of drug-likeness (QED) is 0.815. The lowest BCUT2D eigenvalue weighted by Crippen LogP contribution is -2.60. The van der Waals surface area contributed by atoms with Crippen LogP contribution in [0.15, 0.2) is 72.1 Å². The van der Waals surface area contributed by atoms with Crippen LogP contribution < -0.4 is 5.32 Å². The Morgan fingerprint density at radius 1 is 0.964 bits per heavy atom. The van der Waals surface area contributed by atoms with Crippen molar-refractivity contribution in [1.82, 2.24) is 15.1 Å². The highest BCUT2D eigenvalue weighted by Crippen LogP contribution is 2.34. The van der Waals surface area contributed by atoms with Gasteiger partial charge in [0, 0.05) is 25.0 Å². The molecule has 2 aliphatic heterocycles. The summed E-state index contributed by atoms with van der Waals surface area (Å²) in [4.78, 5) is 4.99. The summed E-state index contributed by atoms with van der Waals surface area (Å²) in [6.07, 6.45) is 12.9. The van der Waals surface area contributed by atoms with Gasteiger partial charge in [0.05, 0.1) is 0 Å². The molecule has 3 nitrogen and oxygen atoms in total. The monoisotopic (exact) mass is 373 g/mol. The van der Waals surface area contributed by atoms with Crippen LogP contribution in [0.2, 0.25) is 0 Å². The molecular formula is C25H31N3. The maximum absolute atomic E-state index is 3.49. The second-order valence-electron chi connectivity index (χ2n) is 8.14. The zero-order valence-corrected chi connectivity index (χ0v) is 17.3. The van der Waals surface area contributed by atoms with Gasteiger partial charge < -0.3 is 5.32 Å². The number of benzene rings is 2. The van der Waals surface area contributed by atoms with E-state index in [2.05, 4.69) is 103 Å². The normalized spacial score (nSPS) is 23.7. The molecule has 0 aromatic heterocycles. The minimum absolute atomic E-state index is 0.149. The van der Waals surface area contributed by atoms with Gasteiger partial charge in [-0.25, -0.2) is 0 Å². The number of nitrogens with zero attached hydrogens (tertiary/aromatic N) is 2. The first-order chi connectivity index (χ1) is 13.6. The standard InChI is InChI=1S/C25H31N3/c1-20-19-26-23(18-25(20,27(2)3)28-16-7-4-8-17-28)15-14-22-12-9-11-21-10-5-6-13-24(21)22/h5-6,9-15,18-19,26H,4,7-8,16-17H2,1-3H3/b15-14-. The Labute approximate surface area is 169 Å². The van der Waals surface area contributed by atoms with E-state index in [-0.39, 0.29) is 5.66 Å². The Kier molecular flexibility index (Phi) is 5.38. The van der Waals surface area contributed by atoms with E-state index in [0.29, 0.717) is 0 Å². The Balaban J connectivity index is 1.69. The highest BCUT2D eigenvalue weighted by atomic mass is 15.4. The first-order valence-electron chi connectivity index (χ1n) is 10.4. The SMILES string of the molecule is CC1=CNC(/C=C\c2cccc3ccccc23)=CC1(N(C)C)N1CCCCC1. The number of likely N-dealkylation sites (tertiary alicyclic amines) is 1. The number of fused-ring (bicyclic) bond motifs is 1. The van der Waals surface area contributed by atoms with E-state index in [1.807, 2.05) is 0 Å². The van der Waals surface area contributed by atoms with Crippen molar-refractivity contribution in [2.24, 2.45) is 0 Å². The van der Waals surface area contributed by atoms with Crippen LogP contribution in [0.5, 0.6) is 0 Å². The molecule has 0 amide bonds. The zero-order valence-electron chi connectivity index (χ0n) is 17.3. The van der Waals surface area contributed by atoms with Gasteiger partial charge in [-0.1, -0.05) is 55.0 Å². The predicted molar refractivity (Wildman–Crippen MR) is 120 cm³/mol. The lowest BCUT2D eigenvalue weighted by Gasteiger charge is -2.50. The average molecular weight is 374 g/mol. The molecule has 1 atom stereocenters. The number of piperidine rings is 1. The molecule has 4 rings (SSSR count). The Hall–Kier alpha value is -2.36. The number of hydrogen-bond acceptors (Lipinski definition) is 3. The van der Waals surface area contributed by atoms with Crippen molar-refractivity contribution >= 4 is 16.8 Å². The minimum atomic E-state index is -0.149. The van der Waals surface area contributed by atoms with Crippen molar-refractivity contribution in [3.63, 3.8) is 0 Å². The summed E-state index contributed by atoms with van der Waals surface area (Å²) in [6, 6.07) is 15.1. The molecule has 2 aliphatic rings. The number of dihydropyridines is 1. The van der Waals surface area contributed by atoms with Gasteiger partial charge in [0.2, 0.25) is 0 Å². The summed E-state index contributed by atoms with van der Waals surface area (Å²) in [6.45, 7) is 4.55. The van der Waals surface area contributed by atoms with E-state index in [4.69, 9.17) is 0 Å². The summed E-state index contributed by atoms with van der Waals surface area (Å²) in [5, 5.41) is 6.07. The van der Waals surface area contributed by atoms with Crippen molar-refractivity contribution in [2.75, 3.05) is 27.2 Å². The van der Waals surface area contributed by atoms with Gasteiger partial charge >= 0.3 is 0 Å².